The fourth-order valence-corrected chi connectivity index (χ4v) is 2.95. The Balaban J connectivity index is 1.99. The molecule has 6 nitrogen and oxygen atoms in total. The summed E-state index contributed by atoms with van der Waals surface area (Å²) in [4.78, 5) is 22.4. The first-order valence-corrected chi connectivity index (χ1v) is 8.92. The van der Waals surface area contributed by atoms with Crippen LogP contribution in [-0.2, 0) is 4.79 Å². The van der Waals surface area contributed by atoms with Crippen LogP contribution in [0.25, 0.3) is 0 Å². The Bertz CT molecular complexity index is 817. The number of carboxylic acids is 2. The van der Waals surface area contributed by atoms with Crippen LogP contribution in [0.5, 0.6) is 11.5 Å². The number of para-hydroxylation sites is 1. The molecule has 0 heterocycles. The first-order valence-electron chi connectivity index (χ1n) is 7.78. The average molecular weight is 434 g/mol. The Kier molecular flexibility index (Phi) is 7.59. The highest BCUT2D eigenvalue weighted by atomic mass is 35.5. The summed E-state index contributed by atoms with van der Waals surface area (Å²) in [5.41, 5.74) is -0.127. The van der Waals surface area contributed by atoms with E-state index in [0.717, 1.165) is 12.1 Å². The number of carbonyl (C=O) groups is 2. The summed E-state index contributed by atoms with van der Waals surface area (Å²) in [5, 5.41) is 18.6. The summed E-state index contributed by atoms with van der Waals surface area (Å²) in [6.45, 7) is 0.232. The maximum Gasteiger partial charge on any atom is 0.344 e. The molecule has 0 saturated heterocycles. The van der Waals surface area contributed by atoms with Crippen molar-refractivity contribution >= 4 is 46.7 Å². The Morgan fingerprint density at radius 2 is 1.63 bits per heavy atom. The van der Waals surface area contributed by atoms with E-state index >= 15 is 0 Å². The van der Waals surface area contributed by atoms with Crippen molar-refractivity contribution in [3.63, 3.8) is 0 Å². The number of benzene rings is 2. The van der Waals surface area contributed by atoms with Crippen molar-refractivity contribution < 1.29 is 29.3 Å². The monoisotopic (exact) mass is 432 g/mol. The van der Waals surface area contributed by atoms with Crippen LogP contribution in [0.4, 0.5) is 0 Å². The van der Waals surface area contributed by atoms with Crippen LogP contribution in [0.2, 0.25) is 15.1 Å². The van der Waals surface area contributed by atoms with E-state index in [2.05, 4.69) is 0 Å². The zero-order valence-electron chi connectivity index (χ0n) is 13.8. The highest BCUT2D eigenvalue weighted by molar-refractivity contribution is 6.37. The van der Waals surface area contributed by atoms with Gasteiger partial charge in [0.25, 0.3) is 0 Å². The lowest BCUT2D eigenvalue weighted by atomic mass is 10.2. The molecule has 1 unspecified atom stereocenters. The SMILES string of the molecule is O=C(O)c1cc(Cl)c(OC(CCCOc2ccccc2Cl)C(=O)O)c(Cl)c1. The molecule has 0 aliphatic rings. The molecule has 0 fully saturated rings. The quantitative estimate of drug-likeness (QED) is 0.538. The van der Waals surface area contributed by atoms with Crippen molar-refractivity contribution in [3.05, 3.63) is 57.0 Å². The summed E-state index contributed by atoms with van der Waals surface area (Å²) in [7, 11) is 0. The van der Waals surface area contributed by atoms with Gasteiger partial charge in [-0.05, 0) is 37.1 Å². The van der Waals surface area contributed by atoms with E-state index in [1.54, 1.807) is 24.3 Å². The largest absolute Gasteiger partial charge is 0.492 e. The predicted molar refractivity (Wildman–Crippen MR) is 102 cm³/mol. The minimum absolute atomic E-state index is 0.0808. The minimum Gasteiger partial charge on any atom is -0.492 e. The predicted octanol–water partition coefficient (Wildman–Crippen LogP) is 5.04. The van der Waals surface area contributed by atoms with E-state index in [4.69, 9.17) is 49.4 Å². The van der Waals surface area contributed by atoms with Gasteiger partial charge in [-0.1, -0.05) is 46.9 Å². The Morgan fingerprint density at radius 1 is 1.00 bits per heavy atom. The molecule has 2 N–H and O–H groups in total. The van der Waals surface area contributed by atoms with Gasteiger partial charge in [-0.25, -0.2) is 9.59 Å². The summed E-state index contributed by atoms with van der Waals surface area (Å²) < 4.78 is 10.9. The van der Waals surface area contributed by atoms with Gasteiger partial charge in [-0.3, -0.25) is 0 Å². The topological polar surface area (TPSA) is 93.1 Å². The second-order valence-corrected chi connectivity index (χ2v) is 6.66. The number of aliphatic carboxylic acids is 1. The van der Waals surface area contributed by atoms with Crippen LogP contribution >= 0.6 is 34.8 Å². The molecule has 0 spiro atoms. The molecule has 2 aromatic rings. The molecule has 0 aliphatic heterocycles. The third-order valence-corrected chi connectivity index (χ3v) is 4.36. The number of hydrogen-bond donors (Lipinski definition) is 2. The van der Waals surface area contributed by atoms with Gasteiger partial charge in [0.15, 0.2) is 11.9 Å². The third kappa shape index (κ3) is 5.92. The molecule has 2 rings (SSSR count). The maximum atomic E-state index is 11.5. The molecule has 2 aromatic carbocycles. The smallest absolute Gasteiger partial charge is 0.344 e. The molecule has 0 bridgehead atoms. The lowest BCUT2D eigenvalue weighted by Gasteiger charge is -2.17. The summed E-state index contributed by atoms with van der Waals surface area (Å²) >= 11 is 17.9. The van der Waals surface area contributed by atoms with Crippen LogP contribution in [-0.4, -0.2) is 34.9 Å². The number of aromatic carboxylic acids is 1. The van der Waals surface area contributed by atoms with Crippen molar-refractivity contribution in [1.29, 1.82) is 0 Å². The van der Waals surface area contributed by atoms with Gasteiger partial charge in [-0.15, -0.1) is 0 Å². The summed E-state index contributed by atoms with van der Waals surface area (Å²) in [5.74, 6) is -2.00. The normalized spacial score (nSPS) is 11.7. The molecular weight excluding hydrogens is 419 g/mol. The highest BCUT2D eigenvalue weighted by Gasteiger charge is 2.23. The van der Waals surface area contributed by atoms with Crippen molar-refractivity contribution in [2.24, 2.45) is 0 Å². The second-order valence-electron chi connectivity index (χ2n) is 5.44. The van der Waals surface area contributed by atoms with Gasteiger partial charge < -0.3 is 19.7 Å². The Labute approximate surface area is 170 Å². The van der Waals surface area contributed by atoms with Crippen LogP contribution < -0.4 is 9.47 Å². The number of halogens is 3. The maximum absolute atomic E-state index is 11.5. The molecule has 0 aliphatic carbocycles. The second kappa shape index (κ2) is 9.69. The number of hydrogen-bond acceptors (Lipinski definition) is 4. The molecule has 0 saturated carbocycles. The zero-order valence-corrected chi connectivity index (χ0v) is 16.1. The lowest BCUT2D eigenvalue weighted by molar-refractivity contribution is -0.145. The summed E-state index contributed by atoms with van der Waals surface area (Å²) in [6.07, 6.45) is -0.747. The van der Waals surface area contributed by atoms with Gasteiger partial charge >= 0.3 is 11.9 Å². The van der Waals surface area contributed by atoms with Gasteiger partial charge in [0.2, 0.25) is 0 Å². The van der Waals surface area contributed by atoms with Crippen molar-refractivity contribution in [2.45, 2.75) is 18.9 Å². The molecule has 0 radical (unpaired) electrons. The molecule has 0 amide bonds. The summed E-state index contributed by atoms with van der Waals surface area (Å²) in [6, 6.07) is 9.22. The third-order valence-electron chi connectivity index (χ3n) is 3.49. The van der Waals surface area contributed by atoms with Crippen molar-refractivity contribution in [2.75, 3.05) is 6.61 Å². The molecule has 27 heavy (non-hydrogen) atoms. The first kappa shape index (κ1) is 21.2. The molecule has 9 heteroatoms. The number of rotatable bonds is 9. The highest BCUT2D eigenvalue weighted by Crippen LogP contribution is 2.35. The Hall–Kier alpha value is -2.15. The van der Waals surface area contributed by atoms with Crippen molar-refractivity contribution in [3.8, 4) is 11.5 Å². The van der Waals surface area contributed by atoms with Crippen LogP contribution in [0.3, 0.4) is 0 Å². The lowest BCUT2D eigenvalue weighted by Crippen LogP contribution is -2.27. The average Bonchev–Trinajstić information content (AvgIpc) is 2.60. The fraction of sp³-hybridized carbons (Fsp3) is 0.222. The van der Waals surface area contributed by atoms with E-state index in [1.165, 1.54) is 0 Å². The Morgan fingerprint density at radius 3 is 2.19 bits per heavy atom. The fourth-order valence-electron chi connectivity index (χ4n) is 2.18. The van der Waals surface area contributed by atoms with Crippen LogP contribution in [0.1, 0.15) is 23.2 Å². The molecule has 1 atom stereocenters. The van der Waals surface area contributed by atoms with E-state index in [1.807, 2.05) is 0 Å². The van der Waals surface area contributed by atoms with E-state index in [9.17, 15) is 14.7 Å². The first-order chi connectivity index (χ1) is 12.8. The van der Waals surface area contributed by atoms with Crippen LogP contribution in [0.15, 0.2) is 36.4 Å². The van der Waals surface area contributed by atoms with Gasteiger partial charge in [0, 0.05) is 0 Å². The van der Waals surface area contributed by atoms with Gasteiger partial charge in [-0.2, -0.15) is 0 Å². The zero-order chi connectivity index (χ0) is 20.0. The van der Waals surface area contributed by atoms with E-state index < -0.39 is 18.0 Å². The van der Waals surface area contributed by atoms with Gasteiger partial charge in [0.05, 0.1) is 27.2 Å². The standard InChI is InChI=1S/C18H15Cl3O6/c19-11-4-1-2-5-14(11)26-7-3-6-15(18(24)25)27-16-12(20)8-10(17(22)23)9-13(16)21/h1-2,4-5,8-9,15H,3,6-7H2,(H,22,23)(H,24,25). The molecule has 0 aromatic heterocycles. The molecule has 144 valence electrons. The van der Waals surface area contributed by atoms with Gasteiger partial charge in [0.1, 0.15) is 5.75 Å². The number of ether oxygens (including phenoxy) is 2. The van der Waals surface area contributed by atoms with E-state index in [0.29, 0.717) is 17.2 Å². The van der Waals surface area contributed by atoms with Crippen LogP contribution in [0, 0.1) is 0 Å². The van der Waals surface area contributed by atoms with E-state index in [-0.39, 0.29) is 34.4 Å². The number of carboxylic acid groups (broad SMARTS) is 2. The molecular formula is C18H15Cl3O6. The van der Waals surface area contributed by atoms with Crippen molar-refractivity contribution in [1.82, 2.24) is 0 Å². The minimum atomic E-state index is -1.23.